The summed E-state index contributed by atoms with van der Waals surface area (Å²) < 4.78 is 1.97. The molecule has 0 spiro atoms. The highest BCUT2D eigenvalue weighted by Crippen LogP contribution is 2.27. The van der Waals surface area contributed by atoms with Crippen molar-refractivity contribution in [3.05, 3.63) is 59.4 Å². The minimum Gasteiger partial charge on any atom is -0.326 e. The molecule has 3 aromatic rings. The molecule has 0 saturated carbocycles. The molecule has 3 nitrogen and oxygen atoms in total. The number of aromatic nitrogens is 2. The topological polar surface area (TPSA) is 43.3 Å². The van der Waals surface area contributed by atoms with Gasteiger partial charge in [-0.05, 0) is 12.1 Å². The highest BCUT2D eigenvalue weighted by Gasteiger charge is 2.09. The van der Waals surface area contributed by atoms with Gasteiger partial charge in [0.25, 0.3) is 0 Å². The van der Waals surface area contributed by atoms with E-state index in [9.17, 15) is 0 Å². The number of nitrogens with two attached hydrogens (primary N) is 1. The van der Waals surface area contributed by atoms with Gasteiger partial charge < -0.3 is 10.1 Å². The van der Waals surface area contributed by atoms with Crippen LogP contribution < -0.4 is 5.73 Å². The number of hydrogen-bond donors (Lipinski definition) is 1. The van der Waals surface area contributed by atoms with E-state index in [1.807, 2.05) is 53.2 Å². The molecule has 1 aromatic carbocycles. The summed E-state index contributed by atoms with van der Waals surface area (Å²) >= 11 is 6.19. The van der Waals surface area contributed by atoms with Crippen molar-refractivity contribution in [3.8, 4) is 11.3 Å². The second-order valence-electron chi connectivity index (χ2n) is 4.07. The third kappa shape index (κ3) is 1.78. The van der Waals surface area contributed by atoms with Gasteiger partial charge in [0.15, 0.2) is 0 Å². The van der Waals surface area contributed by atoms with Gasteiger partial charge in [-0.3, -0.25) is 0 Å². The maximum absolute atomic E-state index is 6.19. The van der Waals surface area contributed by atoms with Gasteiger partial charge in [0, 0.05) is 30.1 Å². The van der Waals surface area contributed by atoms with Crippen LogP contribution in [-0.4, -0.2) is 9.38 Å². The number of fused-ring (bicyclic) bond motifs is 1. The fourth-order valence-corrected chi connectivity index (χ4v) is 2.26. The average molecular weight is 258 g/mol. The molecule has 0 unspecified atom stereocenters. The molecule has 0 fully saturated rings. The second-order valence-corrected chi connectivity index (χ2v) is 4.48. The summed E-state index contributed by atoms with van der Waals surface area (Å²) in [5, 5.41) is 0.704. The number of imidazole rings is 1. The molecule has 2 heterocycles. The summed E-state index contributed by atoms with van der Waals surface area (Å²) in [5.74, 6) is 0. The Hall–Kier alpha value is -1.84. The van der Waals surface area contributed by atoms with Crippen molar-refractivity contribution in [1.82, 2.24) is 9.38 Å². The molecule has 3 rings (SSSR count). The van der Waals surface area contributed by atoms with E-state index >= 15 is 0 Å². The highest BCUT2D eigenvalue weighted by atomic mass is 35.5. The van der Waals surface area contributed by atoms with E-state index in [1.165, 1.54) is 0 Å². The smallest absolute Gasteiger partial charge is 0.141 e. The normalized spacial score (nSPS) is 11.0. The third-order valence-corrected chi connectivity index (χ3v) is 3.26. The number of benzene rings is 1. The van der Waals surface area contributed by atoms with Crippen LogP contribution in [0, 0.1) is 0 Å². The molecule has 0 atom stereocenters. The van der Waals surface area contributed by atoms with Crippen LogP contribution in [0.15, 0.2) is 48.8 Å². The lowest BCUT2D eigenvalue weighted by Crippen LogP contribution is -1.99. The zero-order chi connectivity index (χ0) is 12.5. The summed E-state index contributed by atoms with van der Waals surface area (Å²) in [6, 6.07) is 11.6. The van der Waals surface area contributed by atoms with Gasteiger partial charge in [-0.25, -0.2) is 4.98 Å². The largest absolute Gasteiger partial charge is 0.326 e. The van der Waals surface area contributed by atoms with Gasteiger partial charge in [0.1, 0.15) is 5.65 Å². The first-order valence-corrected chi connectivity index (χ1v) is 6.09. The van der Waals surface area contributed by atoms with Crippen molar-refractivity contribution in [1.29, 1.82) is 0 Å². The molecule has 0 aliphatic heterocycles. The molecule has 2 aromatic heterocycles. The van der Waals surface area contributed by atoms with E-state index in [1.54, 1.807) is 0 Å². The van der Waals surface area contributed by atoms with Crippen molar-refractivity contribution < 1.29 is 0 Å². The number of hydrogen-bond acceptors (Lipinski definition) is 2. The molecule has 0 aliphatic rings. The summed E-state index contributed by atoms with van der Waals surface area (Å²) in [4.78, 5) is 4.61. The van der Waals surface area contributed by atoms with Gasteiger partial charge in [-0.1, -0.05) is 35.9 Å². The van der Waals surface area contributed by atoms with Crippen molar-refractivity contribution in [2.75, 3.05) is 0 Å². The Morgan fingerprint density at radius 1 is 1.17 bits per heavy atom. The van der Waals surface area contributed by atoms with Crippen molar-refractivity contribution in [2.24, 2.45) is 5.73 Å². The van der Waals surface area contributed by atoms with Crippen LogP contribution in [0.2, 0.25) is 5.02 Å². The Labute approximate surface area is 110 Å². The van der Waals surface area contributed by atoms with Crippen LogP contribution in [0.4, 0.5) is 0 Å². The first-order chi connectivity index (χ1) is 8.79. The summed E-state index contributed by atoms with van der Waals surface area (Å²) in [7, 11) is 0. The monoisotopic (exact) mass is 257 g/mol. The summed E-state index contributed by atoms with van der Waals surface area (Å²) in [5.41, 5.74) is 9.42. The Morgan fingerprint density at radius 3 is 2.78 bits per heavy atom. The predicted molar refractivity (Wildman–Crippen MR) is 73.5 cm³/mol. The molecule has 0 aliphatic carbocycles. The van der Waals surface area contributed by atoms with Crippen LogP contribution >= 0.6 is 11.6 Å². The molecular formula is C14H12ClN3. The molecule has 18 heavy (non-hydrogen) atoms. The average Bonchev–Trinajstić information content (AvgIpc) is 2.82. The van der Waals surface area contributed by atoms with E-state index in [0.29, 0.717) is 11.6 Å². The Balaban J connectivity index is 2.23. The molecule has 2 N–H and O–H groups in total. The predicted octanol–water partition coefficient (Wildman–Crippen LogP) is 3.11. The lowest BCUT2D eigenvalue weighted by molar-refractivity contribution is 1.04. The van der Waals surface area contributed by atoms with Gasteiger partial charge in [0.05, 0.1) is 10.7 Å². The van der Waals surface area contributed by atoms with Gasteiger partial charge in [-0.2, -0.15) is 0 Å². The van der Waals surface area contributed by atoms with E-state index in [0.717, 1.165) is 22.5 Å². The van der Waals surface area contributed by atoms with E-state index in [4.69, 9.17) is 17.3 Å². The van der Waals surface area contributed by atoms with Crippen molar-refractivity contribution >= 4 is 17.2 Å². The third-order valence-electron chi connectivity index (χ3n) is 2.93. The molecule has 4 heteroatoms. The van der Waals surface area contributed by atoms with Crippen molar-refractivity contribution in [2.45, 2.75) is 6.54 Å². The molecule has 0 amide bonds. The van der Waals surface area contributed by atoms with Crippen LogP contribution in [0.25, 0.3) is 16.9 Å². The SMILES string of the molecule is NCc1cccn2cc(-c3ccccc3Cl)nc12. The number of halogens is 1. The number of pyridine rings is 1. The summed E-state index contributed by atoms with van der Waals surface area (Å²) in [6.07, 6.45) is 3.93. The Kier molecular flexibility index (Phi) is 2.78. The van der Waals surface area contributed by atoms with Gasteiger partial charge in [0.2, 0.25) is 0 Å². The van der Waals surface area contributed by atoms with E-state index in [2.05, 4.69) is 4.98 Å². The number of rotatable bonds is 2. The standard InChI is InChI=1S/C14H12ClN3/c15-12-6-2-1-5-11(12)13-9-18-7-3-4-10(8-16)14(18)17-13/h1-7,9H,8,16H2. The van der Waals surface area contributed by atoms with E-state index < -0.39 is 0 Å². The quantitative estimate of drug-likeness (QED) is 0.767. The Morgan fingerprint density at radius 2 is 2.00 bits per heavy atom. The van der Waals surface area contributed by atoms with Crippen LogP contribution in [0.1, 0.15) is 5.56 Å². The molecule has 0 saturated heterocycles. The van der Waals surface area contributed by atoms with Crippen LogP contribution in [-0.2, 0) is 6.54 Å². The maximum atomic E-state index is 6.19. The van der Waals surface area contributed by atoms with Gasteiger partial charge in [-0.15, -0.1) is 0 Å². The second kappa shape index (κ2) is 4.44. The van der Waals surface area contributed by atoms with E-state index in [-0.39, 0.29) is 0 Å². The lowest BCUT2D eigenvalue weighted by Gasteiger charge is -1.98. The first kappa shape index (κ1) is 11.3. The zero-order valence-electron chi connectivity index (χ0n) is 9.68. The zero-order valence-corrected chi connectivity index (χ0v) is 10.4. The molecule has 0 radical (unpaired) electrons. The minimum atomic E-state index is 0.476. The van der Waals surface area contributed by atoms with Crippen LogP contribution in [0.5, 0.6) is 0 Å². The molecule has 90 valence electrons. The maximum Gasteiger partial charge on any atom is 0.141 e. The first-order valence-electron chi connectivity index (χ1n) is 5.71. The summed E-state index contributed by atoms with van der Waals surface area (Å²) in [6.45, 7) is 0.476. The fraction of sp³-hybridized carbons (Fsp3) is 0.0714. The van der Waals surface area contributed by atoms with Gasteiger partial charge >= 0.3 is 0 Å². The molecule has 0 bridgehead atoms. The lowest BCUT2D eigenvalue weighted by atomic mass is 10.2. The number of nitrogens with zero attached hydrogens (tertiary/aromatic N) is 2. The molecular weight excluding hydrogens is 246 g/mol. The highest BCUT2D eigenvalue weighted by molar-refractivity contribution is 6.33. The fourth-order valence-electron chi connectivity index (χ4n) is 2.03. The van der Waals surface area contributed by atoms with Crippen molar-refractivity contribution in [3.63, 3.8) is 0 Å². The Bertz CT molecular complexity index is 703. The van der Waals surface area contributed by atoms with Crippen LogP contribution in [0.3, 0.4) is 0 Å². The minimum absolute atomic E-state index is 0.476.